The van der Waals surface area contributed by atoms with Crippen LogP contribution in [0.4, 0.5) is 5.69 Å². The fraction of sp³-hybridized carbons (Fsp3) is 0.0714. The lowest BCUT2D eigenvalue weighted by Crippen LogP contribution is -2.18. The first-order valence-electron chi connectivity index (χ1n) is 6.66. The van der Waals surface area contributed by atoms with Crippen LogP contribution in [0.25, 0.3) is 11.5 Å². The van der Waals surface area contributed by atoms with Crippen LogP contribution in [0.2, 0.25) is 5.15 Å². The Bertz CT molecular complexity index is 915. The number of nitrogens with one attached hydrogen (secondary N) is 1. The number of amides is 2. The van der Waals surface area contributed by atoms with Gasteiger partial charge < -0.3 is 15.5 Å². The van der Waals surface area contributed by atoms with Crippen molar-refractivity contribution in [1.82, 2.24) is 19.7 Å². The lowest BCUT2D eigenvalue weighted by atomic mass is 10.3. The summed E-state index contributed by atoms with van der Waals surface area (Å²) in [6.07, 6.45) is 4.13. The highest BCUT2D eigenvalue weighted by molar-refractivity contribution is 6.29. The Morgan fingerprint density at radius 1 is 1.38 bits per heavy atom. The van der Waals surface area contributed by atoms with Crippen molar-refractivity contribution in [3.63, 3.8) is 0 Å². The molecule has 3 N–H and O–H groups in total. The second-order valence-electron chi connectivity index (χ2n) is 4.79. The molecule has 2 amide bonds. The molecule has 0 bridgehead atoms. The van der Waals surface area contributed by atoms with Crippen LogP contribution in [-0.2, 0) is 7.05 Å². The summed E-state index contributed by atoms with van der Waals surface area (Å²) in [5.41, 5.74) is 5.95. The van der Waals surface area contributed by atoms with E-state index in [0.717, 1.165) is 0 Å². The van der Waals surface area contributed by atoms with Gasteiger partial charge in [0.05, 0.1) is 11.3 Å². The molecule has 0 saturated carbocycles. The predicted molar refractivity (Wildman–Crippen MR) is 84.4 cm³/mol. The van der Waals surface area contributed by atoms with Crippen LogP contribution >= 0.6 is 11.6 Å². The molecule has 3 aromatic rings. The highest BCUT2D eigenvalue weighted by Gasteiger charge is 2.19. The molecule has 0 atom stereocenters. The number of hydrogen-bond donors (Lipinski definition) is 2. The first-order chi connectivity index (χ1) is 11.4. The van der Waals surface area contributed by atoms with Crippen molar-refractivity contribution in [2.75, 3.05) is 5.32 Å². The molecule has 3 rings (SSSR count). The molecule has 0 aliphatic heterocycles. The molecule has 0 unspecified atom stereocenters. The van der Waals surface area contributed by atoms with Gasteiger partial charge in [0.25, 0.3) is 11.8 Å². The molecule has 0 aromatic carbocycles. The van der Waals surface area contributed by atoms with E-state index >= 15 is 0 Å². The monoisotopic (exact) mass is 346 g/mol. The first-order valence-corrected chi connectivity index (χ1v) is 7.04. The van der Waals surface area contributed by atoms with Gasteiger partial charge in [-0.3, -0.25) is 14.3 Å². The molecule has 3 aromatic heterocycles. The standard InChI is InChI=1S/C14H11ClN6O3/c1-21-5-8(11(20-21)12(16)22)18-13(23)9-6-24-14(19-9)7-2-3-10(15)17-4-7/h2-6H,1H3,(H2,16,22)(H,18,23). The number of aryl methyl sites for hydroxylation is 1. The van der Waals surface area contributed by atoms with E-state index in [-0.39, 0.29) is 23.0 Å². The van der Waals surface area contributed by atoms with E-state index in [4.69, 9.17) is 21.8 Å². The van der Waals surface area contributed by atoms with Crippen molar-refractivity contribution in [2.24, 2.45) is 12.8 Å². The maximum Gasteiger partial charge on any atom is 0.277 e. The van der Waals surface area contributed by atoms with E-state index in [1.807, 2.05) is 0 Å². The van der Waals surface area contributed by atoms with E-state index in [1.54, 1.807) is 19.2 Å². The summed E-state index contributed by atoms with van der Waals surface area (Å²) in [4.78, 5) is 31.5. The number of carbonyl (C=O) groups is 2. The van der Waals surface area contributed by atoms with Crippen molar-refractivity contribution in [1.29, 1.82) is 0 Å². The average Bonchev–Trinajstić information content (AvgIpc) is 3.15. The molecule has 0 aliphatic rings. The predicted octanol–water partition coefficient (Wildman–Crippen LogP) is 1.47. The molecular formula is C14H11ClN6O3. The zero-order chi connectivity index (χ0) is 17.3. The number of primary amides is 1. The van der Waals surface area contributed by atoms with E-state index in [1.165, 1.54) is 23.3 Å². The smallest absolute Gasteiger partial charge is 0.277 e. The fourth-order valence-corrected chi connectivity index (χ4v) is 2.07. The Kier molecular flexibility index (Phi) is 4.00. The van der Waals surface area contributed by atoms with Crippen molar-refractivity contribution in [3.05, 3.63) is 47.3 Å². The number of oxazole rings is 1. The Hall–Kier alpha value is -3.20. The third-order valence-electron chi connectivity index (χ3n) is 3.02. The van der Waals surface area contributed by atoms with Gasteiger partial charge in [-0.1, -0.05) is 11.6 Å². The van der Waals surface area contributed by atoms with Crippen LogP contribution in [0.3, 0.4) is 0 Å². The van der Waals surface area contributed by atoms with Crippen molar-refractivity contribution in [2.45, 2.75) is 0 Å². The number of pyridine rings is 1. The number of nitrogens with two attached hydrogens (primary N) is 1. The number of halogens is 1. The Morgan fingerprint density at radius 2 is 2.17 bits per heavy atom. The summed E-state index contributed by atoms with van der Waals surface area (Å²) in [5.74, 6) is -1.10. The van der Waals surface area contributed by atoms with Gasteiger partial charge in [-0.05, 0) is 12.1 Å². The molecular weight excluding hydrogens is 336 g/mol. The zero-order valence-electron chi connectivity index (χ0n) is 12.4. The number of carbonyl (C=O) groups excluding carboxylic acids is 2. The van der Waals surface area contributed by atoms with Gasteiger partial charge in [0.15, 0.2) is 11.4 Å². The molecule has 0 radical (unpaired) electrons. The van der Waals surface area contributed by atoms with E-state index in [2.05, 4.69) is 20.4 Å². The summed E-state index contributed by atoms with van der Waals surface area (Å²) in [6.45, 7) is 0. The van der Waals surface area contributed by atoms with Gasteiger partial charge in [-0.25, -0.2) is 9.97 Å². The second kappa shape index (κ2) is 6.13. The Morgan fingerprint density at radius 3 is 2.83 bits per heavy atom. The molecule has 0 fully saturated rings. The lowest BCUT2D eigenvalue weighted by Gasteiger charge is -2.00. The molecule has 10 heteroatoms. The third kappa shape index (κ3) is 3.10. The number of nitrogens with zero attached hydrogens (tertiary/aromatic N) is 4. The highest BCUT2D eigenvalue weighted by Crippen LogP contribution is 2.20. The van der Waals surface area contributed by atoms with Crippen LogP contribution in [-0.4, -0.2) is 31.6 Å². The minimum absolute atomic E-state index is 0.0271. The molecule has 24 heavy (non-hydrogen) atoms. The highest BCUT2D eigenvalue weighted by atomic mass is 35.5. The molecule has 3 heterocycles. The Balaban J connectivity index is 1.82. The number of anilines is 1. The SMILES string of the molecule is Cn1cc(NC(=O)c2coc(-c3ccc(Cl)nc3)n2)c(C(N)=O)n1. The fourth-order valence-electron chi connectivity index (χ4n) is 1.96. The lowest BCUT2D eigenvalue weighted by molar-refractivity contribution is 0.0995. The summed E-state index contributed by atoms with van der Waals surface area (Å²) in [7, 11) is 1.60. The van der Waals surface area contributed by atoms with Crippen molar-refractivity contribution in [3.8, 4) is 11.5 Å². The normalized spacial score (nSPS) is 10.6. The average molecular weight is 347 g/mol. The molecule has 0 aliphatic carbocycles. The first kappa shape index (κ1) is 15.7. The minimum atomic E-state index is -0.751. The zero-order valence-corrected chi connectivity index (χ0v) is 13.1. The van der Waals surface area contributed by atoms with Crippen LogP contribution in [0.5, 0.6) is 0 Å². The van der Waals surface area contributed by atoms with Gasteiger partial charge in [-0.2, -0.15) is 5.10 Å². The topological polar surface area (TPSA) is 129 Å². The molecule has 0 saturated heterocycles. The van der Waals surface area contributed by atoms with Crippen molar-refractivity contribution >= 4 is 29.1 Å². The quantitative estimate of drug-likeness (QED) is 0.688. The van der Waals surface area contributed by atoms with Crippen LogP contribution in [0.1, 0.15) is 21.0 Å². The molecule has 122 valence electrons. The second-order valence-corrected chi connectivity index (χ2v) is 5.18. The largest absolute Gasteiger partial charge is 0.444 e. The summed E-state index contributed by atoms with van der Waals surface area (Å²) >= 11 is 5.72. The third-order valence-corrected chi connectivity index (χ3v) is 3.25. The van der Waals surface area contributed by atoms with Gasteiger partial charge in [0, 0.05) is 19.4 Å². The maximum atomic E-state index is 12.2. The molecule has 9 nitrogen and oxygen atoms in total. The number of aromatic nitrogens is 4. The minimum Gasteiger partial charge on any atom is -0.444 e. The van der Waals surface area contributed by atoms with E-state index in [0.29, 0.717) is 10.7 Å². The van der Waals surface area contributed by atoms with Gasteiger partial charge >= 0.3 is 0 Å². The van der Waals surface area contributed by atoms with Crippen LogP contribution < -0.4 is 11.1 Å². The van der Waals surface area contributed by atoms with E-state index in [9.17, 15) is 9.59 Å². The van der Waals surface area contributed by atoms with Crippen LogP contribution in [0, 0.1) is 0 Å². The van der Waals surface area contributed by atoms with E-state index < -0.39 is 11.8 Å². The Labute approximate surface area is 140 Å². The van der Waals surface area contributed by atoms with Gasteiger partial charge in [0.2, 0.25) is 5.89 Å². The summed E-state index contributed by atoms with van der Waals surface area (Å²) < 4.78 is 6.63. The maximum absolute atomic E-state index is 12.2. The van der Waals surface area contributed by atoms with Gasteiger partial charge in [0.1, 0.15) is 11.4 Å². The summed E-state index contributed by atoms with van der Waals surface area (Å²) in [5, 5.41) is 6.73. The van der Waals surface area contributed by atoms with Crippen LogP contribution in [0.15, 0.2) is 35.2 Å². The van der Waals surface area contributed by atoms with Crippen molar-refractivity contribution < 1.29 is 14.0 Å². The van der Waals surface area contributed by atoms with Gasteiger partial charge in [-0.15, -0.1) is 0 Å². The summed E-state index contributed by atoms with van der Waals surface area (Å²) in [6, 6.07) is 3.24. The number of rotatable bonds is 4. The number of hydrogen-bond acceptors (Lipinski definition) is 6. The molecule has 0 spiro atoms.